The Balaban J connectivity index is 1.96. The van der Waals surface area contributed by atoms with Crippen LogP contribution in [0.4, 0.5) is 0 Å². The summed E-state index contributed by atoms with van der Waals surface area (Å²) in [6.07, 6.45) is 2.24. The van der Waals surface area contributed by atoms with E-state index in [4.69, 9.17) is 9.88 Å². The lowest BCUT2D eigenvalue weighted by atomic mass is 10.2. The van der Waals surface area contributed by atoms with Gasteiger partial charge in [-0.2, -0.15) is 0 Å². The van der Waals surface area contributed by atoms with E-state index >= 15 is 0 Å². The third-order valence-corrected chi connectivity index (χ3v) is 3.87. The Kier molecular flexibility index (Phi) is 4.29. The number of ether oxygens (including phenoxy) is 1. The van der Waals surface area contributed by atoms with Gasteiger partial charge in [-0.05, 0) is 37.5 Å². The standard InChI is InChI=1S/C13H18N2O4S/c1-9-2-5-11(12(8-9)20(14,17)18)19-7-6-13(16)15-10-3-4-10/h2,5,8,10H,3-4,6-7H2,1H3,(H,15,16)(H2,14,17,18). The first kappa shape index (κ1) is 14.8. The van der Waals surface area contributed by atoms with Crippen LogP contribution in [-0.4, -0.2) is 27.0 Å². The molecule has 0 bridgehead atoms. The van der Waals surface area contributed by atoms with E-state index in [9.17, 15) is 13.2 Å². The van der Waals surface area contributed by atoms with E-state index in [1.54, 1.807) is 19.1 Å². The zero-order chi connectivity index (χ0) is 14.8. The Morgan fingerprint density at radius 2 is 2.15 bits per heavy atom. The Hall–Kier alpha value is -1.60. The quantitative estimate of drug-likeness (QED) is 0.807. The highest BCUT2D eigenvalue weighted by atomic mass is 32.2. The van der Waals surface area contributed by atoms with Crippen molar-refractivity contribution < 1.29 is 17.9 Å². The predicted octanol–water partition coefficient (Wildman–Crippen LogP) is 0.690. The summed E-state index contributed by atoms with van der Waals surface area (Å²) < 4.78 is 28.3. The highest BCUT2D eigenvalue weighted by molar-refractivity contribution is 7.89. The first-order valence-electron chi connectivity index (χ1n) is 6.42. The van der Waals surface area contributed by atoms with Crippen molar-refractivity contribution in [2.24, 2.45) is 5.14 Å². The second-order valence-corrected chi connectivity index (χ2v) is 6.47. The topological polar surface area (TPSA) is 98.5 Å². The van der Waals surface area contributed by atoms with Crippen LogP contribution in [0.2, 0.25) is 0 Å². The van der Waals surface area contributed by atoms with Gasteiger partial charge in [0.05, 0.1) is 13.0 Å². The third kappa shape index (κ3) is 4.21. The van der Waals surface area contributed by atoms with Gasteiger partial charge in [0.2, 0.25) is 15.9 Å². The predicted molar refractivity (Wildman–Crippen MR) is 73.8 cm³/mol. The average Bonchev–Trinajstić information content (AvgIpc) is 3.13. The van der Waals surface area contributed by atoms with Crippen molar-refractivity contribution in [3.05, 3.63) is 23.8 Å². The Morgan fingerprint density at radius 1 is 1.45 bits per heavy atom. The summed E-state index contributed by atoms with van der Waals surface area (Å²) in [5.74, 6) is 0.0917. The van der Waals surface area contributed by atoms with Gasteiger partial charge in [-0.3, -0.25) is 4.79 Å². The molecule has 1 aliphatic carbocycles. The number of amides is 1. The number of carbonyl (C=O) groups excluding carboxylic acids is 1. The first-order valence-corrected chi connectivity index (χ1v) is 7.96. The van der Waals surface area contributed by atoms with Crippen molar-refractivity contribution >= 4 is 15.9 Å². The molecule has 7 heteroatoms. The SMILES string of the molecule is Cc1ccc(OCCC(=O)NC2CC2)c(S(N)(=O)=O)c1. The maximum absolute atomic E-state index is 11.5. The summed E-state index contributed by atoms with van der Waals surface area (Å²) in [6, 6.07) is 5.04. The van der Waals surface area contributed by atoms with Gasteiger partial charge < -0.3 is 10.1 Å². The van der Waals surface area contributed by atoms with Gasteiger partial charge in [-0.25, -0.2) is 13.6 Å². The number of nitrogens with two attached hydrogens (primary N) is 1. The van der Waals surface area contributed by atoms with E-state index in [0.717, 1.165) is 18.4 Å². The van der Waals surface area contributed by atoms with E-state index in [2.05, 4.69) is 5.32 Å². The van der Waals surface area contributed by atoms with Gasteiger partial charge in [0.25, 0.3) is 0 Å². The summed E-state index contributed by atoms with van der Waals surface area (Å²) in [7, 11) is -3.84. The molecule has 1 aromatic carbocycles. The van der Waals surface area contributed by atoms with Crippen molar-refractivity contribution in [3.63, 3.8) is 0 Å². The van der Waals surface area contributed by atoms with Gasteiger partial charge in [0.15, 0.2) is 0 Å². The summed E-state index contributed by atoms with van der Waals surface area (Å²) in [5, 5.41) is 7.98. The number of aryl methyl sites for hydroxylation is 1. The summed E-state index contributed by atoms with van der Waals surface area (Å²) >= 11 is 0. The molecule has 0 radical (unpaired) electrons. The van der Waals surface area contributed by atoms with E-state index in [-0.39, 0.29) is 29.6 Å². The van der Waals surface area contributed by atoms with Crippen molar-refractivity contribution in [2.45, 2.75) is 37.1 Å². The lowest BCUT2D eigenvalue weighted by Gasteiger charge is -2.11. The van der Waals surface area contributed by atoms with Crippen LogP contribution in [0.3, 0.4) is 0 Å². The summed E-state index contributed by atoms with van der Waals surface area (Å²) in [5.41, 5.74) is 0.771. The molecule has 110 valence electrons. The third-order valence-electron chi connectivity index (χ3n) is 2.93. The number of hydrogen-bond donors (Lipinski definition) is 2. The fourth-order valence-electron chi connectivity index (χ4n) is 1.74. The molecule has 0 spiro atoms. The Bertz CT molecular complexity index is 609. The zero-order valence-corrected chi connectivity index (χ0v) is 12.1. The molecule has 1 saturated carbocycles. The van der Waals surface area contributed by atoms with Gasteiger partial charge in [-0.15, -0.1) is 0 Å². The van der Waals surface area contributed by atoms with Crippen LogP contribution in [0.1, 0.15) is 24.8 Å². The van der Waals surface area contributed by atoms with Crippen molar-refractivity contribution in [3.8, 4) is 5.75 Å². The molecule has 20 heavy (non-hydrogen) atoms. The van der Waals surface area contributed by atoms with Crippen LogP contribution in [0.25, 0.3) is 0 Å². The molecule has 1 fully saturated rings. The lowest BCUT2D eigenvalue weighted by molar-refractivity contribution is -0.121. The second-order valence-electron chi connectivity index (χ2n) is 4.94. The molecular weight excluding hydrogens is 280 g/mol. The fraction of sp³-hybridized carbons (Fsp3) is 0.462. The molecule has 6 nitrogen and oxygen atoms in total. The largest absolute Gasteiger partial charge is 0.492 e. The van der Waals surface area contributed by atoms with E-state index in [1.807, 2.05) is 0 Å². The zero-order valence-electron chi connectivity index (χ0n) is 11.3. The van der Waals surface area contributed by atoms with Crippen LogP contribution in [-0.2, 0) is 14.8 Å². The molecular formula is C13H18N2O4S. The normalized spacial score (nSPS) is 14.9. The molecule has 0 saturated heterocycles. The lowest BCUT2D eigenvalue weighted by Crippen LogP contribution is -2.26. The first-order chi connectivity index (χ1) is 9.36. The molecule has 0 aliphatic heterocycles. The smallest absolute Gasteiger partial charge is 0.241 e. The second kappa shape index (κ2) is 5.80. The molecule has 3 N–H and O–H groups in total. The summed E-state index contributed by atoms with van der Waals surface area (Å²) in [6.45, 7) is 1.88. The maximum atomic E-state index is 11.5. The fourth-order valence-corrected chi connectivity index (χ4v) is 2.50. The van der Waals surface area contributed by atoms with Crippen molar-refractivity contribution in [2.75, 3.05) is 6.61 Å². The van der Waals surface area contributed by atoms with Gasteiger partial charge in [-0.1, -0.05) is 6.07 Å². The Labute approximate surface area is 118 Å². The number of rotatable bonds is 6. The number of hydrogen-bond acceptors (Lipinski definition) is 4. The minimum atomic E-state index is -3.84. The highest BCUT2D eigenvalue weighted by Gasteiger charge is 2.23. The van der Waals surface area contributed by atoms with Crippen LogP contribution in [0, 0.1) is 6.92 Å². The number of carbonyl (C=O) groups is 1. The maximum Gasteiger partial charge on any atom is 0.241 e. The van der Waals surface area contributed by atoms with Crippen molar-refractivity contribution in [1.29, 1.82) is 0 Å². The van der Waals surface area contributed by atoms with Crippen LogP contribution >= 0.6 is 0 Å². The monoisotopic (exact) mass is 298 g/mol. The number of nitrogens with one attached hydrogen (secondary N) is 1. The molecule has 1 amide bonds. The van der Waals surface area contributed by atoms with Gasteiger partial charge >= 0.3 is 0 Å². The number of sulfonamides is 1. The van der Waals surface area contributed by atoms with Crippen LogP contribution < -0.4 is 15.2 Å². The van der Waals surface area contributed by atoms with Gasteiger partial charge in [0, 0.05) is 6.04 Å². The van der Waals surface area contributed by atoms with E-state index < -0.39 is 10.0 Å². The van der Waals surface area contributed by atoms with Crippen LogP contribution in [0.15, 0.2) is 23.1 Å². The van der Waals surface area contributed by atoms with Gasteiger partial charge in [0.1, 0.15) is 10.6 Å². The number of benzene rings is 1. The van der Waals surface area contributed by atoms with E-state index in [0.29, 0.717) is 6.04 Å². The molecule has 0 heterocycles. The van der Waals surface area contributed by atoms with Crippen molar-refractivity contribution in [1.82, 2.24) is 5.32 Å². The molecule has 0 unspecified atom stereocenters. The Morgan fingerprint density at radius 3 is 2.75 bits per heavy atom. The van der Waals surface area contributed by atoms with E-state index in [1.165, 1.54) is 6.07 Å². The average molecular weight is 298 g/mol. The molecule has 2 rings (SSSR count). The molecule has 0 aromatic heterocycles. The van der Waals surface area contributed by atoms with Crippen LogP contribution in [0.5, 0.6) is 5.75 Å². The molecule has 1 aromatic rings. The minimum absolute atomic E-state index is 0.0555. The number of primary sulfonamides is 1. The molecule has 1 aliphatic rings. The summed E-state index contributed by atoms with van der Waals surface area (Å²) in [4.78, 5) is 11.4. The minimum Gasteiger partial charge on any atom is -0.492 e. The molecule has 0 atom stereocenters. The highest BCUT2D eigenvalue weighted by Crippen LogP contribution is 2.24.